The smallest absolute Gasteiger partial charge is 0.191 e. The van der Waals surface area contributed by atoms with Gasteiger partial charge in [0.05, 0.1) is 12.6 Å². The molecule has 0 bridgehead atoms. The fourth-order valence-corrected chi connectivity index (χ4v) is 5.26. The molecule has 2 saturated heterocycles. The average Bonchev–Trinajstić information content (AvgIpc) is 3.22. The third-order valence-electron chi connectivity index (χ3n) is 6.18. The molecule has 2 aliphatic heterocycles. The molecule has 0 amide bonds. The Kier molecular flexibility index (Phi) is 8.62. The lowest BCUT2D eigenvalue weighted by molar-refractivity contribution is 0.143. The van der Waals surface area contributed by atoms with Crippen molar-refractivity contribution in [2.75, 3.05) is 52.9 Å². The molecule has 0 aliphatic carbocycles. The number of thiophene rings is 1. The number of aliphatic imine (C=N–C) groups is 1. The normalized spacial score (nSPS) is 24.2. The van der Waals surface area contributed by atoms with Crippen LogP contribution < -0.4 is 10.6 Å². The number of rotatable bonds is 7. The van der Waals surface area contributed by atoms with Crippen LogP contribution in [0, 0.1) is 11.8 Å². The van der Waals surface area contributed by atoms with Gasteiger partial charge in [-0.15, -0.1) is 11.3 Å². The quantitative estimate of drug-likeness (QED) is 0.539. The second-order valence-electron chi connectivity index (χ2n) is 8.62. The van der Waals surface area contributed by atoms with E-state index < -0.39 is 0 Å². The third-order valence-corrected chi connectivity index (χ3v) is 7.15. The Bertz CT molecular complexity index is 580. The van der Waals surface area contributed by atoms with Gasteiger partial charge < -0.3 is 15.5 Å². The van der Waals surface area contributed by atoms with Gasteiger partial charge in [0.25, 0.3) is 0 Å². The van der Waals surface area contributed by atoms with E-state index >= 15 is 0 Å². The van der Waals surface area contributed by atoms with Gasteiger partial charge in [0.1, 0.15) is 0 Å². The minimum atomic E-state index is 0.406. The Morgan fingerprint density at radius 1 is 1.25 bits per heavy atom. The summed E-state index contributed by atoms with van der Waals surface area (Å²) in [6.07, 6.45) is 5.24. The summed E-state index contributed by atoms with van der Waals surface area (Å²) in [6, 6.07) is 4.86. The molecule has 0 aromatic carbocycles. The lowest BCUT2D eigenvalue weighted by atomic mass is 9.97. The highest BCUT2D eigenvalue weighted by atomic mass is 32.1. The van der Waals surface area contributed by atoms with Crippen LogP contribution >= 0.6 is 11.3 Å². The van der Waals surface area contributed by atoms with E-state index in [2.05, 4.69) is 58.8 Å². The lowest BCUT2D eigenvalue weighted by Crippen LogP contribution is -2.44. The molecule has 3 rings (SSSR count). The maximum Gasteiger partial charge on any atom is 0.191 e. The third kappa shape index (κ3) is 6.46. The number of hydrogen-bond donors (Lipinski definition) is 2. The van der Waals surface area contributed by atoms with E-state index in [1.165, 1.54) is 56.7 Å². The zero-order chi connectivity index (χ0) is 19.8. The molecule has 158 valence electrons. The van der Waals surface area contributed by atoms with Gasteiger partial charge in [0.2, 0.25) is 0 Å². The molecular weight excluding hydrogens is 366 g/mol. The van der Waals surface area contributed by atoms with Crippen molar-refractivity contribution in [3.63, 3.8) is 0 Å². The number of piperidine rings is 2. The van der Waals surface area contributed by atoms with Crippen molar-refractivity contribution in [3.05, 3.63) is 22.4 Å². The summed E-state index contributed by atoms with van der Waals surface area (Å²) in [5.41, 5.74) is 0. The van der Waals surface area contributed by atoms with Gasteiger partial charge in [-0.25, -0.2) is 0 Å². The highest BCUT2D eigenvalue weighted by molar-refractivity contribution is 7.10. The number of hydrogen-bond acceptors (Lipinski definition) is 4. The van der Waals surface area contributed by atoms with E-state index in [0.717, 1.165) is 37.4 Å². The lowest BCUT2D eigenvalue weighted by Gasteiger charge is -2.35. The molecule has 0 radical (unpaired) electrons. The SMILES string of the molecule is CCNC(=NCC(c1cccs1)N1CCC(C)CC1)NCC1CCCN(C)C1. The topological polar surface area (TPSA) is 42.9 Å². The van der Waals surface area contributed by atoms with Crippen LogP contribution in [0.4, 0.5) is 0 Å². The summed E-state index contributed by atoms with van der Waals surface area (Å²) >= 11 is 1.87. The number of guanidine groups is 1. The molecule has 0 saturated carbocycles. The molecule has 28 heavy (non-hydrogen) atoms. The van der Waals surface area contributed by atoms with Crippen LogP contribution in [-0.4, -0.2) is 68.6 Å². The molecule has 1 aromatic rings. The molecule has 1 aromatic heterocycles. The monoisotopic (exact) mass is 405 g/mol. The van der Waals surface area contributed by atoms with E-state index in [1.54, 1.807) is 0 Å². The molecule has 6 heteroatoms. The zero-order valence-corrected chi connectivity index (χ0v) is 18.8. The van der Waals surface area contributed by atoms with E-state index in [4.69, 9.17) is 4.99 Å². The Morgan fingerprint density at radius 3 is 2.75 bits per heavy atom. The first-order valence-electron chi connectivity index (χ1n) is 11.1. The Labute approximate surface area is 175 Å². The summed E-state index contributed by atoms with van der Waals surface area (Å²) < 4.78 is 0. The van der Waals surface area contributed by atoms with E-state index in [-0.39, 0.29) is 0 Å². The van der Waals surface area contributed by atoms with Crippen LogP contribution in [0.15, 0.2) is 22.5 Å². The fourth-order valence-electron chi connectivity index (χ4n) is 4.41. The molecule has 2 N–H and O–H groups in total. The highest BCUT2D eigenvalue weighted by Crippen LogP contribution is 2.29. The van der Waals surface area contributed by atoms with Crippen molar-refractivity contribution in [1.82, 2.24) is 20.4 Å². The van der Waals surface area contributed by atoms with Crippen LogP contribution in [-0.2, 0) is 0 Å². The highest BCUT2D eigenvalue weighted by Gasteiger charge is 2.25. The van der Waals surface area contributed by atoms with Gasteiger partial charge in [-0.2, -0.15) is 0 Å². The summed E-state index contributed by atoms with van der Waals surface area (Å²) in [6.45, 7) is 12.1. The summed E-state index contributed by atoms with van der Waals surface area (Å²) in [4.78, 5) is 11.6. The summed E-state index contributed by atoms with van der Waals surface area (Å²) in [5.74, 6) is 2.55. The summed E-state index contributed by atoms with van der Waals surface area (Å²) in [5, 5.41) is 9.27. The molecule has 3 heterocycles. The van der Waals surface area contributed by atoms with Gasteiger partial charge in [0, 0.05) is 24.5 Å². The maximum absolute atomic E-state index is 5.01. The van der Waals surface area contributed by atoms with Crippen molar-refractivity contribution >= 4 is 17.3 Å². The first-order valence-corrected chi connectivity index (χ1v) is 12.0. The number of nitrogens with zero attached hydrogens (tertiary/aromatic N) is 3. The van der Waals surface area contributed by atoms with E-state index in [0.29, 0.717) is 6.04 Å². The first-order chi connectivity index (χ1) is 13.7. The second-order valence-corrected chi connectivity index (χ2v) is 9.60. The minimum absolute atomic E-state index is 0.406. The summed E-state index contributed by atoms with van der Waals surface area (Å²) in [7, 11) is 2.23. The van der Waals surface area contributed by atoms with E-state index in [1.807, 2.05) is 11.3 Å². The molecule has 2 aliphatic rings. The predicted molar refractivity (Wildman–Crippen MR) is 121 cm³/mol. The standard InChI is InChI=1S/C22H39N5S/c1-4-23-22(24-15-19-7-5-11-26(3)17-19)25-16-20(21-8-6-14-28-21)27-12-9-18(2)10-13-27/h6,8,14,18-20H,4-5,7,9-13,15-17H2,1-3H3,(H2,23,24,25). The molecule has 2 unspecified atom stereocenters. The number of likely N-dealkylation sites (tertiary alicyclic amines) is 2. The van der Waals surface area contributed by atoms with Crippen molar-refractivity contribution in [3.8, 4) is 0 Å². The van der Waals surface area contributed by atoms with Crippen LogP contribution in [0.25, 0.3) is 0 Å². The predicted octanol–water partition coefficient (Wildman–Crippen LogP) is 3.42. The second kappa shape index (κ2) is 11.2. The molecule has 5 nitrogen and oxygen atoms in total. The molecule has 2 atom stereocenters. The molecular formula is C22H39N5S. The number of nitrogens with one attached hydrogen (secondary N) is 2. The molecule has 2 fully saturated rings. The minimum Gasteiger partial charge on any atom is -0.357 e. The van der Waals surface area contributed by atoms with Crippen LogP contribution in [0.5, 0.6) is 0 Å². The first kappa shape index (κ1) is 21.6. The van der Waals surface area contributed by atoms with Crippen molar-refractivity contribution in [2.45, 2.75) is 45.6 Å². The average molecular weight is 406 g/mol. The Balaban J connectivity index is 1.60. The van der Waals surface area contributed by atoms with Crippen molar-refractivity contribution in [1.29, 1.82) is 0 Å². The van der Waals surface area contributed by atoms with Gasteiger partial charge >= 0.3 is 0 Å². The van der Waals surface area contributed by atoms with Gasteiger partial charge in [-0.1, -0.05) is 13.0 Å². The van der Waals surface area contributed by atoms with Crippen LogP contribution in [0.1, 0.15) is 50.4 Å². The molecule has 0 spiro atoms. The maximum atomic E-state index is 5.01. The van der Waals surface area contributed by atoms with Crippen molar-refractivity contribution in [2.24, 2.45) is 16.8 Å². The van der Waals surface area contributed by atoms with Gasteiger partial charge in [0.15, 0.2) is 5.96 Å². The zero-order valence-electron chi connectivity index (χ0n) is 18.0. The van der Waals surface area contributed by atoms with Crippen molar-refractivity contribution < 1.29 is 0 Å². The fraction of sp³-hybridized carbons (Fsp3) is 0.773. The van der Waals surface area contributed by atoms with E-state index in [9.17, 15) is 0 Å². The van der Waals surface area contributed by atoms with Crippen LogP contribution in [0.3, 0.4) is 0 Å². The van der Waals surface area contributed by atoms with Gasteiger partial charge in [-0.3, -0.25) is 9.89 Å². The Morgan fingerprint density at radius 2 is 2.07 bits per heavy atom. The Hall–Kier alpha value is -1.11. The van der Waals surface area contributed by atoms with Crippen LogP contribution in [0.2, 0.25) is 0 Å². The van der Waals surface area contributed by atoms with Gasteiger partial charge in [-0.05, 0) is 82.6 Å². The largest absolute Gasteiger partial charge is 0.357 e.